The summed E-state index contributed by atoms with van der Waals surface area (Å²) >= 11 is 0. The lowest BCUT2D eigenvalue weighted by Gasteiger charge is -2.33. The van der Waals surface area contributed by atoms with Gasteiger partial charge in [0.2, 0.25) is 5.91 Å². The van der Waals surface area contributed by atoms with E-state index in [0.717, 1.165) is 39.0 Å². The number of carbonyl (C=O) groups excluding carboxylic acids is 1. The normalized spacial score (nSPS) is 26.1. The molecule has 1 amide bonds. The van der Waals surface area contributed by atoms with Crippen molar-refractivity contribution in [2.45, 2.75) is 31.7 Å². The second-order valence-electron chi connectivity index (χ2n) is 4.91. The van der Waals surface area contributed by atoms with E-state index < -0.39 is 0 Å². The molecule has 1 unspecified atom stereocenters. The number of likely N-dealkylation sites (tertiary alicyclic amines) is 2. The zero-order valence-electron chi connectivity index (χ0n) is 10.7. The highest BCUT2D eigenvalue weighted by molar-refractivity contribution is 5.85. The van der Waals surface area contributed by atoms with Gasteiger partial charge in [-0.1, -0.05) is 0 Å². The number of nitrogens with one attached hydrogen (secondary N) is 1. The third-order valence-electron chi connectivity index (χ3n) is 3.77. The van der Waals surface area contributed by atoms with Crippen molar-refractivity contribution >= 4 is 18.3 Å². The van der Waals surface area contributed by atoms with Crippen LogP contribution in [0.3, 0.4) is 0 Å². The van der Waals surface area contributed by atoms with Crippen LogP contribution in [-0.2, 0) is 4.79 Å². The summed E-state index contributed by atoms with van der Waals surface area (Å²) in [6, 6.07) is 0.642. The van der Waals surface area contributed by atoms with Crippen LogP contribution in [0.15, 0.2) is 0 Å². The molecule has 0 saturated carbocycles. The molecular weight excluding hydrogens is 238 g/mol. The van der Waals surface area contributed by atoms with E-state index in [2.05, 4.69) is 10.2 Å². The van der Waals surface area contributed by atoms with Gasteiger partial charge in [0.25, 0.3) is 0 Å². The molecule has 2 aliphatic rings. The van der Waals surface area contributed by atoms with Gasteiger partial charge in [0.15, 0.2) is 0 Å². The minimum Gasteiger partial charge on any atom is -0.341 e. The lowest BCUT2D eigenvalue weighted by Crippen LogP contribution is -2.46. The zero-order chi connectivity index (χ0) is 11.4. The van der Waals surface area contributed by atoms with Crippen LogP contribution in [-0.4, -0.2) is 61.5 Å². The Bertz CT molecular complexity index is 250. The Hall–Kier alpha value is -0.320. The molecule has 1 N–H and O–H groups in total. The van der Waals surface area contributed by atoms with Gasteiger partial charge in [0.05, 0.1) is 0 Å². The van der Waals surface area contributed by atoms with E-state index in [9.17, 15) is 4.79 Å². The molecule has 5 heteroatoms. The Labute approximate surface area is 110 Å². The minimum absolute atomic E-state index is 0. The third kappa shape index (κ3) is 4.12. The first-order valence-electron chi connectivity index (χ1n) is 6.47. The molecule has 4 nitrogen and oxygen atoms in total. The number of carbonyl (C=O) groups is 1. The Balaban J connectivity index is 0.00000144. The SMILES string of the molecule is CNC1CCCN(CCN2CCCC2=O)C1.Cl. The van der Waals surface area contributed by atoms with E-state index in [0.29, 0.717) is 11.9 Å². The predicted octanol–water partition coefficient (Wildman–Crippen LogP) is 0.714. The molecular formula is C12H24ClN3O. The van der Waals surface area contributed by atoms with Gasteiger partial charge < -0.3 is 15.1 Å². The van der Waals surface area contributed by atoms with E-state index in [-0.39, 0.29) is 12.4 Å². The van der Waals surface area contributed by atoms with E-state index in [4.69, 9.17) is 0 Å². The second-order valence-corrected chi connectivity index (χ2v) is 4.91. The lowest BCUT2D eigenvalue weighted by atomic mass is 10.1. The maximum Gasteiger partial charge on any atom is 0.222 e. The van der Waals surface area contributed by atoms with Crippen molar-refractivity contribution in [3.63, 3.8) is 0 Å². The van der Waals surface area contributed by atoms with Crippen LogP contribution in [0, 0.1) is 0 Å². The standard InChI is InChI=1S/C12H23N3O.ClH/c1-13-11-4-2-6-14(10-11)8-9-15-7-3-5-12(15)16;/h11,13H,2-10H2,1H3;1H. The van der Waals surface area contributed by atoms with Gasteiger partial charge in [-0.25, -0.2) is 0 Å². The molecule has 0 bridgehead atoms. The van der Waals surface area contributed by atoms with Crippen molar-refractivity contribution in [3.8, 4) is 0 Å². The van der Waals surface area contributed by atoms with Gasteiger partial charge in [-0.3, -0.25) is 4.79 Å². The summed E-state index contributed by atoms with van der Waals surface area (Å²) in [5, 5.41) is 3.35. The van der Waals surface area contributed by atoms with Crippen LogP contribution < -0.4 is 5.32 Å². The van der Waals surface area contributed by atoms with Crippen LogP contribution in [0.1, 0.15) is 25.7 Å². The molecule has 1 atom stereocenters. The first-order chi connectivity index (χ1) is 7.79. The molecule has 17 heavy (non-hydrogen) atoms. The highest BCUT2D eigenvalue weighted by atomic mass is 35.5. The quantitative estimate of drug-likeness (QED) is 0.810. The molecule has 0 aliphatic carbocycles. The summed E-state index contributed by atoms with van der Waals surface area (Å²) in [7, 11) is 2.04. The Kier molecular flexibility index (Phi) is 6.23. The van der Waals surface area contributed by atoms with E-state index in [1.807, 2.05) is 11.9 Å². The fraction of sp³-hybridized carbons (Fsp3) is 0.917. The van der Waals surface area contributed by atoms with Gasteiger partial charge >= 0.3 is 0 Å². The van der Waals surface area contributed by atoms with Crippen molar-refractivity contribution < 1.29 is 4.79 Å². The summed E-state index contributed by atoms with van der Waals surface area (Å²) in [6.07, 6.45) is 4.38. The maximum absolute atomic E-state index is 11.5. The number of amides is 1. The number of hydrogen-bond donors (Lipinski definition) is 1. The number of nitrogens with zero attached hydrogens (tertiary/aromatic N) is 2. The molecule has 0 aromatic heterocycles. The molecule has 100 valence electrons. The monoisotopic (exact) mass is 261 g/mol. The predicted molar refractivity (Wildman–Crippen MR) is 71.6 cm³/mol. The first kappa shape index (κ1) is 14.7. The van der Waals surface area contributed by atoms with Gasteiger partial charge in [0, 0.05) is 38.6 Å². The zero-order valence-corrected chi connectivity index (χ0v) is 11.5. The maximum atomic E-state index is 11.5. The Morgan fingerprint density at radius 3 is 2.76 bits per heavy atom. The Morgan fingerprint density at radius 1 is 1.29 bits per heavy atom. The molecule has 2 aliphatic heterocycles. The van der Waals surface area contributed by atoms with Crippen molar-refractivity contribution in [2.24, 2.45) is 0 Å². The molecule has 0 aromatic rings. The largest absolute Gasteiger partial charge is 0.341 e. The van der Waals surface area contributed by atoms with Gasteiger partial charge in [-0.05, 0) is 32.9 Å². The summed E-state index contributed by atoms with van der Waals surface area (Å²) < 4.78 is 0. The number of rotatable bonds is 4. The van der Waals surface area contributed by atoms with Crippen LogP contribution in [0.4, 0.5) is 0 Å². The van der Waals surface area contributed by atoms with Crippen LogP contribution >= 0.6 is 12.4 Å². The fourth-order valence-corrected chi connectivity index (χ4v) is 2.70. The summed E-state index contributed by atoms with van der Waals surface area (Å²) in [4.78, 5) is 16.0. The summed E-state index contributed by atoms with van der Waals surface area (Å²) in [5.74, 6) is 0.349. The van der Waals surface area contributed by atoms with Crippen LogP contribution in [0.5, 0.6) is 0 Å². The van der Waals surface area contributed by atoms with Gasteiger partial charge in [0.1, 0.15) is 0 Å². The fourth-order valence-electron chi connectivity index (χ4n) is 2.70. The smallest absolute Gasteiger partial charge is 0.222 e. The topological polar surface area (TPSA) is 35.6 Å². The number of piperidine rings is 1. The van der Waals surface area contributed by atoms with E-state index >= 15 is 0 Å². The molecule has 2 rings (SSSR count). The van der Waals surface area contributed by atoms with Crippen LogP contribution in [0.2, 0.25) is 0 Å². The summed E-state index contributed by atoms with van der Waals surface area (Å²) in [5.41, 5.74) is 0. The average molecular weight is 262 g/mol. The first-order valence-corrected chi connectivity index (χ1v) is 6.47. The van der Waals surface area contributed by atoms with Gasteiger partial charge in [-0.15, -0.1) is 12.4 Å². The average Bonchev–Trinajstić information content (AvgIpc) is 2.72. The molecule has 0 radical (unpaired) electrons. The van der Waals surface area contributed by atoms with Crippen LogP contribution in [0.25, 0.3) is 0 Å². The molecule has 2 heterocycles. The minimum atomic E-state index is 0. The third-order valence-corrected chi connectivity index (χ3v) is 3.77. The van der Waals surface area contributed by atoms with Crippen molar-refractivity contribution in [3.05, 3.63) is 0 Å². The number of halogens is 1. The van der Waals surface area contributed by atoms with E-state index in [1.54, 1.807) is 0 Å². The number of hydrogen-bond acceptors (Lipinski definition) is 3. The summed E-state index contributed by atoms with van der Waals surface area (Å²) in [6.45, 7) is 5.28. The van der Waals surface area contributed by atoms with Gasteiger partial charge in [-0.2, -0.15) is 0 Å². The van der Waals surface area contributed by atoms with Crippen molar-refractivity contribution in [2.75, 3.05) is 39.8 Å². The van der Waals surface area contributed by atoms with E-state index in [1.165, 1.54) is 19.4 Å². The highest BCUT2D eigenvalue weighted by Crippen LogP contribution is 2.12. The number of likely N-dealkylation sites (N-methyl/N-ethyl adjacent to an activating group) is 1. The highest BCUT2D eigenvalue weighted by Gasteiger charge is 2.22. The molecule has 0 spiro atoms. The lowest BCUT2D eigenvalue weighted by molar-refractivity contribution is -0.127. The molecule has 2 saturated heterocycles. The Morgan fingerprint density at radius 2 is 2.12 bits per heavy atom. The molecule has 0 aromatic carbocycles. The van der Waals surface area contributed by atoms with Crippen molar-refractivity contribution in [1.29, 1.82) is 0 Å². The van der Waals surface area contributed by atoms with Crippen molar-refractivity contribution in [1.82, 2.24) is 15.1 Å². The second kappa shape index (κ2) is 7.19. The molecule has 2 fully saturated rings.